The van der Waals surface area contributed by atoms with Crippen molar-refractivity contribution in [3.8, 4) is 0 Å². The van der Waals surface area contributed by atoms with Gasteiger partial charge in [-0.3, -0.25) is 9.78 Å². The van der Waals surface area contributed by atoms with Crippen LogP contribution in [0.15, 0.2) is 47.1 Å². The van der Waals surface area contributed by atoms with Gasteiger partial charge < -0.3 is 4.90 Å². The molecule has 104 valence electrons. The summed E-state index contributed by atoms with van der Waals surface area (Å²) in [4.78, 5) is 17.9. The van der Waals surface area contributed by atoms with Gasteiger partial charge in [0.15, 0.2) is 5.78 Å². The van der Waals surface area contributed by atoms with Gasteiger partial charge in [-0.2, -0.15) is 0 Å². The van der Waals surface area contributed by atoms with Gasteiger partial charge >= 0.3 is 0 Å². The minimum Gasteiger partial charge on any atom is -0.369 e. The molecule has 0 amide bonds. The van der Waals surface area contributed by atoms with Crippen LogP contribution in [0.5, 0.6) is 0 Å². The maximum atomic E-state index is 11.5. The number of carbonyl (C=O) groups excluding carboxylic acids is 1. The van der Waals surface area contributed by atoms with E-state index in [1.54, 1.807) is 12.3 Å². The van der Waals surface area contributed by atoms with Crippen molar-refractivity contribution in [3.05, 3.63) is 58.3 Å². The molecule has 0 aliphatic heterocycles. The molecule has 2 aromatic rings. The van der Waals surface area contributed by atoms with Crippen LogP contribution in [0.25, 0.3) is 0 Å². The van der Waals surface area contributed by atoms with Crippen LogP contribution >= 0.6 is 15.9 Å². The minimum absolute atomic E-state index is 0.0741. The highest BCUT2D eigenvalue weighted by atomic mass is 79.9. The van der Waals surface area contributed by atoms with Crippen molar-refractivity contribution in [1.29, 1.82) is 0 Å². The number of halogens is 1. The van der Waals surface area contributed by atoms with E-state index in [2.05, 4.69) is 31.9 Å². The molecule has 0 N–H and O–H groups in total. The quantitative estimate of drug-likeness (QED) is 0.773. The van der Waals surface area contributed by atoms with E-state index in [9.17, 15) is 4.79 Å². The fourth-order valence-corrected chi connectivity index (χ4v) is 2.34. The van der Waals surface area contributed by atoms with Crippen molar-refractivity contribution in [2.45, 2.75) is 19.9 Å². The van der Waals surface area contributed by atoms with Gasteiger partial charge in [0.05, 0.1) is 11.9 Å². The topological polar surface area (TPSA) is 33.2 Å². The van der Waals surface area contributed by atoms with E-state index in [0.717, 1.165) is 16.7 Å². The third-order valence-electron chi connectivity index (χ3n) is 3.16. The number of pyridine rings is 1. The monoisotopic (exact) mass is 332 g/mol. The van der Waals surface area contributed by atoms with Gasteiger partial charge in [0, 0.05) is 24.5 Å². The van der Waals surface area contributed by atoms with E-state index >= 15 is 0 Å². The van der Waals surface area contributed by atoms with Gasteiger partial charge in [-0.05, 0) is 23.8 Å². The Labute approximate surface area is 127 Å². The average molecular weight is 333 g/mol. The van der Waals surface area contributed by atoms with Crippen molar-refractivity contribution in [2.24, 2.45) is 0 Å². The largest absolute Gasteiger partial charge is 0.369 e. The van der Waals surface area contributed by atoms with Crippen LogP contribution < -0.4 is 4.90 Å². The Balaban J connectivity index is 2.12. The first-order chi connectivity index (χ1) is 9.61. The van der Waals surface area contributed by atoms with E-state index in [1.165, 1.54) is 5.56 Å². The molecule has 3 nitrogen and oxygen atoms in total. The Morgan fingerprint density at radius 1 is 1.25 bits per heavy atom. The maximum absolute atomic E-state index is 11.5. The van der Waals surface area contributed by atoms with Crippen LogP contribution in [-0.4, -0.2) is 17.8 Å². The number of Topliss-reactive ketones (excluding diaryl/α,β-unsaturated/α-hetero) is 1. The average Bonchev–Trinajstić information content (AvgIpc) is 2.49. The van der Waals surface area contributed by atoms with E-state index in [1.807, 2.05) is 38.2 Å². The number of benzene rings is 1. The number of carbonyl (C=O) groups is 1. The lowest BCUT2D eigenvalue weighted by Crippen LogP contribution is -2.17. The summed E-state index contributed by atoms with van der Waals surface area (Å²) < 4.78 is 1.09. The summed E-state index contributed by atoms with van der Waals surface area (Å²) >= 11 is 3.55. The molecule has 0 saturated heterocycles. The summed E-state index contributed by atoms with van der Waals surface area (Å²) in [7, 11) is 2.01. The highest BCUT2D eigenvalue weighted by Gasteiger charge is 2.08. The number of anilines is 1. The molecule has 2 rings (SSSR count). The lowest BCUT2D eigenvalue weighted by Gasteiger charge is -2.19. The molecular formula is C16H17BrN2O. The maximum Gasteiger partial charge on any atom is 0.180 e. The smallest absolute Gasteiger partial charge is 0.180 e. The molecule has 0 spiro atoms. The van der Waals surface area contributed by atoms with Gasteiger partial charge in [-0.25, -0.2) is 0 Å². The first-order valence-corrected chi connectivity index (χ1v) is 7.35. The lowest BCUT2D eigenvalue weighted by molar-refractivity contribution is 0.0983. The summed E-state index contributed by atoms with van der Waals surface area (Å²) in [6, 6.07) is 11.9. The summed E-state index contributed by atoms with van der Waals surface area (Å²) in [6.45, 7) is 2.63. The number of nitrogens with zero attached hydrogens (tertiary/aromatic N) is 2. The molecule has 0 atom stereocenters. The van der Waals surface area contributed by atoms with Crippen LogP contribution in [0, 0.1) is 0 Å². The molecule has 0 aliphatic rings. The van der Waals surface area contributed by atoms with E-state index in [-0.39, 0.29) is 5.78 Å². The summed E-state index contributed by atoms with van der Waals surface area (Å²) in [5, 5.41) is 0. The number of hydrogen-bond acceptors (Lipinski definition) is 3. The third-order valence-corrected chi connectivity index (χ3v) is 3.93. The molecule has 1 aromatic heterocycles. The Kier molecular flexibility index (Phi) is 4.90. The highest BCUT2D eigenvalue weighted by molar-refractivity contribution is 9.10. The summed E-state index contributed by atoms with van der Waals surface area (Å²) in [5.41, 5.74) is 2.74. The molecule has 1 aromatic carbocycles. The summed E-state index contributed by atoms with van der Waals surface area (Å²) in [5.74, 6) is 0.0741. The zero-order chi connectivity index (χ0) is 14.5. The van der Waals surface area contributed by atoms with E-state index in [4.69, 9.17) is 0 Å². The van der Waals surface area contributed by atoms with Gasteiger partial charge in [-0.1, -0.05) is 41.1 Å². The normalized spacial score (nSPS) is 10.3. The van der Waals surface area contributed by atoms with Gasteiger partial charge in [0.2, 0.25) is 0 Å². The molecule has 0 bridgehead atoms. The molecular weight excluding hydrogens is 316 g/mol. The molecule has 20 heavy (non-hydrogen) atoms. The summed E-state index contributed by atoms with van der Waals surface area (Å²) in [6.07, 6.45) is 2.24. The number of rotatable bonds is 5. The zero-order valence-electron chi connectivity index (χ0n) is 11.6. The standard InChI is InChI=1S/C16H17BrN2O/c1-3-16(20)15-9-8-13(10-18-15)19(2)11-12-6-4-5-7-14(12)17/h4-10H,3,11H2,1-2H3. The van der Waals surface area contributed by atoms with E-state index in [0.29, 0.717) is 12.1 Å². The Bertz CT molecular complexity index is 596. The van der Waals surface area contributed by atoms with Gasteiger partial charge in [-0.15, -0.1) is 0 Å². The van der Waals surface area contributed by atoms with Crippen LogP contribution in [0.1, 0.15) is 29.4 Å². The van der Waals surface area contributed by atoms with Crippen LogP contribution in [0.4, 0.5) is 5.69 Å². The van der Waals surface area contributed by atoms with Crippen molar-refractivity contribution in [1.82, 2.24) is 4.98 Å². The van der Waals surface area contributed by atoms with Crippen molar-refractivity contribution >= 4 is 27.4 Å². The third kappa shape index (κ3) is 3.45. The van der Waals surface area contributed by atoms with Gasteiger partial charge in [0.1, 0.15) is 5.69 Å². The molecule has 0 saturated carbocycles. The second-order valence-electron chi connectivity index (χ2n) is 4.63. The number of aromatic nitrogens is 1. The highest BCUT2D eigenvalue weighted by Crippen LogP contribution is 2.20. The SMILES string of the molecule is CCC(=O)c1ccc(N(C)Cc2ccccc2Br)cn1. The molecule has 4 heteroatoms. The number of ketones is 1. The molecule has 0 unspecified atom stereocenters. The zero-order valence-corrected chi connectivity index (χ0v) is 13.2. The molecule has 0 fully saturated rings. The predicted octanol–water partition coefficient (Wildman–Crippen LogP) is 4.07. The van der Waals surface area contributed by atoms with Crippen LogP contribution in [0.2, 0.25) is 0 Å². The Morgan fingerprint density at radius 2 is 2.00 bits per heavy atom. The van der Waals surface area contributed by atoms with Crippen molar-refractivity contribution in [3.63, 3.8) is 0 Å². The predicted molar refractivity (Wildman–Crippen MR) is 85.1 cm³/mol. The molecule has 0 radical (unpaired) electrons. The lowest BCUT2D eigenvalue weighted by atomic mass is 10.2. The van der Waals surface area contributed by atoms with Crippen molar-refractivity contribution < 1.29 is 4.79 Å². The fourth-order valence-electron chi connectivity index (χ4n) is 1.93. The fraction of sp³-hybridized carbons (Fsp3) is 0.250. The van der Waals surface area contributed by atoms with Crippen molar-refractivity contribution in [2.75, 3.05) is 11.9 Å². The first kappa shape index (κ1) is 14.7. The Morgan fingerprint density at radius 3 is 2.60 bits per heavy atom. The van der Waals surface area contributed by atoms with Crippen LogP contribution in [-0.2, 0) is 6.54 Å². The minimum atomic E-state index is 0.0741. The number of hydrogen-bond donors (Lipinski definition) is 0. The second-order valence-corrected chi connectivity index (χ2v) is 5.48. The first-order valence-electron chi connectivity index (χ1n) is 6.55. The molecule has 1 heterocycles. The second kappa shape index (κ2) is 6.66. The van der Waals surface area contributed by atoms with E-state index < -0.39 is 0 Å². The molecule has 0 aliphatic carbocycles. The van der Waals surface area contributed by atoms with Crippen LogP contribution in [0.3, 0.4) is 0 Å². The Hall–Kier alpha value is -1.68. The van der Waals surface area contributed by atoms with Gasteiger partial charge in [0.25, 0.3) is 0 Å².